The van der Waals surface area contributed by atoms with Gasteiger partial charge in [-0.1, -0.05) is 54.1 Å². The van der Waals surface area contributed by atoms with Crippen LogP contribution >= 0.6 is 12.4 Å². The maximum absolute atomic E-state index is 13.1. The average Bonchev–Trinajstić information content (AvgIpc) is 3.47. The minimum atomic E-state index is 0. The number of likely N-dealkylation sites (tertiary alicyclic amines) is 1. The minimum Gasteiger partial charge on any atom is -0.361 e. The number of H-pyrrole nitrogens is 1. The van der Waals surface area contributed by atoms with Crippen LogP contribution in [0.15, 0.2) is 72.4 Å². The normalized spacial score (nSPS) is 23.1. The van der Waals surface area contributed by atoms with Crippen LogP contribution in [-0.4, -0.2) is 47.9 Å². The first-order valence-electron chi connectivity index (χ1n) is 11.8. The van der Waals surface area contributed by atoms with Crippen LogP contribution in [-0.2, 0) is 10.3 Å². The standard InChI is InChI=1S/C28H33N3O.ClH/c1-30(2)28(23-8-4-3-5-9-23)15-12-21(13-16-28)18-27(32)31-17-14-22(20-31)25-19-29-26-11-7-6-10-24(25)26;/h3-11,18-19,22,29H,12-17,20H2,1-2H3;1H. The number of carbonyl (C=O) groups is 1. The van der Waals surface area contributed by atoms with Gasteiger partial charge in [-0.3, -0.25) is 9.69 Å². The number of amides is 1. The summed E-state index contributed by atoms with van der Waals surface area (Å²) in [4.78, 5) is 20.9. The van der Waals surface area contributed by atoms with Crippen molar-refractivity contribution in [3.8, 4) is 0 Å². The fourth-order valence-electron chi connectivity index (χ4n) is 5.78. The Balaban J connectivity index is 0.00000259. The van der Waals surface area contributed by atoms with Crippen LogP contribution in [0.4, 0.5) is 0 Å². The molecule has 1 amide bonds. The smallest absolute Gasteiger partial charge is 0.246 e. The quantitative estimate of drug-likeness (QED) is 0.492. The second-order valence-electron chi connectivity index (χ2n) is 9.65. The molecule has 174 valence electrons. The lowest BCUT2D eigenvalue weighted by atomic mass is 9.74. The number of aromatic nitrogens is 1. The molecule has 1 aliphatic carbocycles. The second kappa shape index (κ2) is 9.74. The minimum absolute atomic E-state index is 0. The SMILES string of the molecule is CN(C)C1(c2ccccc2)CCC(=CC(=O)N2CCC(c3c[nH]c4ccccc34)C2)CC1.Cl. The van der Waals surface area contributed by atoms with Crippen LogP contribution in [0, 0.1) is 0 Å². The third-order valence-electron chi connectivity index (χ3n) is 7.78. The molecule has 1 unspecified atom stereocenters. The largest absolute Gasteiger partial charge is 0.361 e. The molecule has 1 atom stereocenters. The average molecular weight is 464 g/mol. The molecule has 2 fully saturated rings. The zero-order valence-corrected chi connectivity index (χ0v) is 20.4. The molecule has 0 radical (unpaired) electrons. The van der Waals surface area contributed by atoms with Crippen molar-refractivity contribution in [3.05, 3.63) is 83.6 Å². The molecule has 2 heterocycles. The first-order valence-corrected chi connectivity index (χ1v) is 11.8. The number of fused-ring (bicyclic) bond motifs is 1. The number of para-hydroxylation sites is 1. The van der Waals surface area contributed by atoms with E-state index in [1.165, 1.54) is 27.6 Å². The molecule has 1 aromatic heterocycles. The van der Waals surface area contributed by atoms with Gasteiger partial charge in [0.05, 0.1) is 0 Å². The summed E-state index contributed by atoms with van der Waals surface area (Å²) in [6, 6.07) is 19.3. The number of halogens is 1. The Labute approximate surface area is 203 Å². The summed E-state index contributed by atoms with van der Waals surface area (Å²) < 4.78 is 0. The van der Waals surface area contributed by atoms with E-state index in [0.717, 1.165) is 45.2 Å². The van der Waals surface area contributed by atoms with Crippen molar-refractivity contribution in [3.63, 3.8) is 0 Å². The van der Waals surface area contributed by atoms with Crippen molar-refractivity contribution in [2.75, 3.05) is 27.2 Å². The molecule has 2 aromatic carbocycles. The highest BCUT2D eigenvalue weighted by molar-refractivity contribution is 5.89. The fraction of sp³-hybridized carbons (Fsp3) is 0.393. The second-order valence-corrected chi connectivity index (χ2v) is 9.65. The molecule has 1 N–H and O–H groups in total. The van der Waals surface area contributed by atoms with Crippen molar-refractivity contribution < 1.29 is 4.79 Å². The predicted molar refractivity (Wildman–Crippen MR) is 138 cm³/mol. The molecule has 5 rings (SSSR count). The highest BCUT2D eigenvalue weighted by Crippen LogP contribution is 2.43. The summed E-state index contributed by atoms with van der Waals surface area (Å²) in [5, 5.41) is 1.29. The monoisotopic (exact) mass is 463 g/mol. The van der Waals surface area contributed by atoms with Crippen LogP contribution < -0.4 is 0 Å². The van der Waals surface area contributed by atoms with Gasteiger partial charge in [0.1, 0.15) is 0 Å². The van der Waals surface area contributed by atoms with E-state index in [9.17, 15) is 4.79 Å². The Bertz CT molecular complexity index is 1120. The number of hydrogen-bond acceptors (Lipinski definition) is 2. The molecular formula is C28H34ClN3O. The van der Waals surface area contributed by atoms with Crippen LogP contribution in [0.5, 0.6) is 0 Å². The third kappa shape index (κ3) is 4.47. The van der Waals surface area contributed by atoms with E-state index in [-0.39, 0.29) is 23.9 Å². The Morgan fingerprint density at radius 1 is 1.06 bits per heavy atom. The summed E-state index contributed by atoms with van der Waals surface area (Å²) in [6.45, 7) is 1.66. The summed E-state index contributed by atoms with van der Waals surface area (Å²) in [6.07, 6.45) is 9.20. The van der Waals surface area contributed by atoms with Gasteiger partial charge in [-0.05, 0) is 63.4 Å². The number of benzene rings is 2. The lowest BCUT2D eigenvalue weighted by Crippen LogP contribution is -2.43. The van der Waals surface area contributed by atoms with Gasteiger partial charge in [0.25, 0.3) is 0 Å². The van der Waals surface area contributed by atoms with Gasteiger partial charge in [-0.2, -0.15) is 0 Å². The number of nitrogens with zero attached hydrogens (tertiary/aromatic N) is 2. The van der Waals surface area contributed by atoms with E-state index < -0.39 is 0 Å². The van der Waals surface area contributed by atoms with Gasteiger partial charge in [0.15, 0.2) is 0 Å². The number of rotatable bonds is 4. The highest BCUT2D eigenvalue weighted by Gasteiger charge is 2.37. The highest BCUT2D eigenvalue weighted by atomic mass is 35.5. The van der Waals surface area contributed by atoms with Gasteiger partial charge in [-0.25, -0.2) is 0 Å². The van der Waals surface area contributed by atoms with E-state index in [1.807, 2.05) is 11.0 Å². The topological polar surface area (TPSA) is 39.3 Å². The van der Waals surface area contributed by atoms with Crippen LogP contribution in [0.2, 0.25) is 0 Å². The molecule has 3 aromatic rings. The van der Waals surface area contributed by atoms with Gasteiger partial charge in [0.2, 0.25) is 5.91 Å². The summed E-state index contributed by atoms with van der Waals surface area (Å²) in [5.74, 6) is 0.610. The van der Waals surface area contributed by atoms with Crippen molar-refractivity contribution in [1.82, 2.24) is 14.8 Å². The number of nitrogens with one attached hydrogen (secondary N) is 1. The molecule has 0 bridgehead atoms. The number of allylic oxidation sites excluding steroid dienone is 1. The van der Waals surface area contributed by atoms with Gasteiger partial charge < -0.3 is 9.88 Å². The van der Waals surface area contributed by atoms with E-state index in [0.29, 0.717) is 5.92 Å². The summed E-state index contributed by atoms with van der Waals surface area (Å²) >= 11 is 0. The van der Waals surface area contributed by atoms with Crippen LogP contribution in [0.3, 0.4) is 0 Å². The number of aromatic amines is 1. The first-order chi connectivity index (χ1) is 15.6. The fourth-order valence-corrected chi connectivity index (χ4v) is 5.78. The van der Waals surface area contributed by atoms with Crippen molar-refractivity contribution in [1.29, 1.82) is 0 Å². The maximum Gasteiger partial charge on any atom is 0.246 e. The van der Waals surface area contributed by atoms with Crippen molar-refractivity contribution >= 4 is 29.2 Å². The Morgan fingerprint density at radius 3 is 2.48 bits per heavy atom. The van der Waals surface area contributed by atoms with E-state index >= 15 is 0 Å². The molecule has 0 spiro atoms. The predicted octanol–water partition coefficient (Wildman–Crippen LogP) is 5.86. The van der Waals surface area contributed by atoms with Crippen molar-refractivity contribution in [2.24, 2.45) is 0 Å². The molecule has 2 aliphatic rings. The Hall–Kier alpha value is -2.56. The van der Waals surface area contributed by atoms with Gasteiger partial charge in [0, 0.05) is 47.7 Å². The first kappa shape index (κ1) is 23.6. The summed E-state index contributed by atoms with van der Waals surface area (Å²) in [5.41, 5.74) is 5.28. The molecule has 33 heavy (non-hydrogen) atoms. The van der Waals surface area contributed by atoms with E-state index in [4.69, 9.17) is 0 Å². The van der Waals surface area contributed by atoms with Crippen LogP contribution in [0.1, 0.15) is 49.1 Å². The number of hydrogen-bond donors (Lipinski definition) is 1. The Morgan fingerprint density at radius 2 is 1.76 bits per heavy atom. The molecular weight excluding hydrogens is 430 g/mol. The van der Waals surface area contributed by atoms with Crippen LogP contribution in [0.25, 0.3) is 10.9 Å². The zero-order valence-electron chi connectivity index (χ0n) is 19.6. The number of carbonyl (C=O) groups excluding carboxylic acids is 1. The van der Waals surface area contributed by atoms with E-state index in [1.54, 1.807) is 0 Å². The lowest BCUT2D eigenvalue weighted by Gasteiger charge is -2.44. The van der Waals surface area contributed by atoms with Gasteiger partial charge in [-0.15, -0.1) is 12.4 Å². The third-order valence-corrected chi connectivity index (χ3v) is 7.78. The molecule has 5 heteroatoms. The molecule has 4 nitrogen and oxygen atoms in total. The summed E-state index contributed by atoms with van der Waals surface area (Å²) in [7, 11) is 4.36. The molecule has 1 saturated carbocycles. The zero-order chi connectivity index (χ0) is 22.1. The molecule has 1 aliphatic heterocycles. The lowest BCUT2D eigenvalue weighted by molar-refractivity contribution is -0.125. The maximum atomic E-state index is 13.1. The Kier molecular flexibility index (Phi) is 6.96. The van der Waals surface area contributed by atoms with Gasteiger partial charge >= 0.3 is 0 Å². The van der Waals surface area contributed by atoms with E-state index in [2.05, 4.69) is 84.8 Å². The van der Waals surface area contributed by atoms with Crippen molar-refractivity contribution in [2.45, 2.75) is 43.6 Å². The molecule has 1 saturated heterocycles.